The number of pyridine rings is 1. The molecular formula is C20H28ClF3N4O2. The topological polar surface area (TPSA) is 57.7 Å². The van der Waals surface area contributed by atoms with Gasteiger partial charge >= 0.3 is 6.18 Å². The molecule has 2 aliphatic rings. The fourth-order valence-corrected chi connectivity index (χ4v) is 4.19. The number of ether oxygens (including phenoxy) is 1. The molecule has 10 heteroatoms. The van der Waals surface area contributed by atoms with E-state index in [1.165, 1.54) is 0 Å². The predicted molar refractivity (Wildman–Crippen MR) is 109 cm³/mol. The number of anilines is 1. The van der Waals surface area contributed by atoms with Crippen LogP contribution in [-0.4, -0.2) is 67.3 Å². The van der Waals surface area contributed by atoms with Crippen molar-refractivity contribution in [1.82, 2.24) is 15.2 Å². The minimum absolute atomic E-state index is 0.0162. The van der Waals surface area contributed by atoms with Gasteiger partial charge in [-0.1, -0.05) is 11.6 Å². The summed E-state index contributed by atoms with van der Waals surface area (Å²) in [5, 5.41) is 3.05. The second-order valence-electron chi connectivity index (χ2n) is 8.42. The normalized spacial score (nSPS) is 19.7. The number of halogens is 4. The maximum Gasteiger partial charge on any atom is 0.417 e. The number of morpholine rings is 1. The Labute approximate surface area is 179 Å². The first-order valence-corrected chi connectivity index (χ1v) is 10.5. The lowest BCUT2D eigenvalue weighted by atomic mass is 9.95. The zero-order valence-electron chi connectivity index (χ0n) is 17.3. The molecule has 0 radical (unpaired) electrons. The summed E-state index contributed by atoms with van der Waals surface area (Å²) in [6.45, 7) is 8.92. The molecule has 2 saturated heterocycles. The summed E-state index contributed by atoms with van der Waals surface area (Å²) in [6.07, 6.45) is -2.48. The van der Waals surface area contributed by atoms with Gasteiger partial charge in [0.1, 0.15) is 5.82 Å². The maximum atomic E-state index is 12.8. The summed E-state index contributed by atoms with van der Waals surface area (Å²) in [5.41, 5.74) is -1.02. The first-order valence-electron chi connectivity index (χ1n) is 10.2. The zero-order chi connectivity index (χ0) is 21.9. The van der Waals surface area contributed by atoms with Gasteiger partial charge in [-0.15, -0.1) is 0 Å². The van der Waals surface area contributed by atoms with E-state index in [-0.39, 0.29) is 22.4 Å². The van der Waals surface area contributed by atoms with Gasteiger partial charge < -0.3 is 15.0 Å². The molecule has 0 atom stereocenters. The van der Waals surface area contributed by atoms with Gasteiger partial charge in [-0.05, 0) is 32.8 Å². The largest absolute Gasteiger partial charge is 0.417 e. The third kappa shape index (κ3) is 5.56. The molecule has 168 valence electrons. The molecule has 1 N–H and O–H groups in total. The van der Waals surface area contributed by atoms with Crippen molar-refractivity contribution in [3.8, 4) is 0 Å². The summed E-state index contributed by atoms with van der Waals surface area (Å²) in [7, 11) is 0. The summed E-state index contributed by atoms with van der Waals surface area (Å²) in [4.78, 5) is 20.7. The average molecular weight is 449 g/mol. The molecule has 0 saturated carbocycles. The first kappa shape index (κ1) is 23.1. The van der Waals surface area contributed by atoms with Crippen molar-refractivity contribution in [1.29, 1.82) is 0 Å². The number of hydrogen-bond donors (Lipinski definition) is 1. The number of alkyl halides is 3. The molecule has 1 aromatic rings. The molecule has 1 amide bonds. The van der Waals surface area contributed by atoms with Crippen LogP contribution in [0.25, 0.3) is 0 Å². The summed E-state index contributed by atoms with van der Waals surface area (Å²) in [5.74, 6) is 0.217. The zero-order valence-corrected chi connectivity index (χ0v) is 18.0. The number of hydrogen-bond acceptors (Lipinski definition) is 5. The van der Waals surface area contributed by atoms with E-state index in [2.05, 4.69) is 29.0 Å². The molecule has 2 fully saturated rings. The van der Waals surface area contributed by atoms with E-state index < -0.39 is 11.7 Å². The minimum Gasteiger partial charge on any atom is -0.379 e. The van der Waals surface area contributed by atoms with Gasteiger partial charge in [-0.25, -0.2) is 4.98 Å². The molecule has 6 nitrogen and oxygen atoms in total. The molecule has 2 aliphatic heterocycles. The minimum atomic E-state index is -4.48. The van der Waals surface area contributed by atoms with Crippen LogP contribution in [0.3, 0.4) is 0 Å². The molecule has 0 unspecified atom stereocenters. The number of piperidine rings is 1. The second kappa shape index (κ2) is 9.28. The quantitative estimate of drug-likeness (QED) is 0.749. The Hall–Kier alpha value is -1.58. The summed E-state index contributed by atoms with van der Waals surface area (Å²) in [6, 6.07) is 0.899. The van der Waals surface area contributed by atoms with Crippen molar-refractivity contribution in [2.24, 2.45) is 5.92 Å². The van der Waals surface area contributed by atoms with Gasteiger partial charge in [0.2, 0.25) is 5.91 Å². The third-order valence-corrected chi connectivity index (χ3v) is 6.15. The third-order valence-electron chi connectivity index (χ3n) is 5.88. The standard InChI is InChI=1S/C20H28ClF3N4O2/c1-19(2,28-7-9-30-10-8-28)13-26-18(29)14-3-5-27(6-4-14)17-16(21)11-15(12-25-17)20(22,23)24/h11-12,14H,3-10,13H2,1-2H3,(H,26,29). The first-order chi connectivity index (χ1) is 14.1. The van der Waals surface area contributed by atoms with Crippen molar-refractivity contribution in [2.75, 3.05) is 50.8 Å². The van der Waals surface area contributed by atoms with E-state index in [1.54, 1.807) is 0 Å². The van der Waals surface area contributed by atoms with E-state index in [9.17, 15) is 18.0 Å². The van der Waals surface area contributed by atoms with Crippen LogP contribution in [0.2, 0.25) is 5.02 Å². The molecule has 0 aliphatic carbocycles. The number of rotatable bonds is 5. The van der Waals surface area contributed by atoms with Crippen LogP contribution < -0.4 is 10.2 Å². The molecule has 30 heavy (non-hydrogen) atoms. The molecule has 1 aromatic heterocycles. The highest BCUT2D eigenvalue weighted by molar-refractivity contribution is 6.33. The fourth-order valence-electron chi connectivity index (χ4n) is 3.90. The van der Waals surface area contributed by atoms with Gasteiger partial charge in [-0.2, -0.15) is 13.2 Å². The second-order valence-corrected chi connectivity index (χ2v) is 8.83. The SMILES string of the molecule is CC(C)(CNC(=O)C1CCN(c2ncc(C(F)(F)F)cc2Cl)CC1)N1CCOCC1. The average Bonchev–Trinajstić information content (AvgIpc) is 2.72. The fraction of sp³-hybridized carbons (Fsp3) is 0.700. The Morgan fingerprint density at radius 2 is 1.87 bits per heavy atom. The molecule has 0 bridgehead atoms. The lowest BCUT2D eigenvalue weighted by molar-refractivity contribution is -0.137. The highest BCUT2D eigenvalue weighted by Gasteiger charge is 2.34. The summed E-state index contributed by atoms with van der Waals surface area (Å²) >= 11 is 6.04. The van der Waals surface area contributed by atoms with E-state index in [0.717, 1.165) is 25.4 Å². The number of carbonyl (C=O) groups is 1. The molecule has 0 spiro atoms. The van der Waals surface area contributed by atoms with E-state index in [4.69, 9.17) is 16.3 Å². The Morgan fingerprint density at radius 1 is 1.23 bits per heavy atom. The van der Waals surface area contributed by atoms with Crippen molar-refractivity contribution in [3.05, 3.63) is 22.8 Å². The monoisotopic (exact) mass is 448 g/mol. The highest BCUT2D eigenvalue weighted by Crippen LogP contribution is 2.34. The van der Waals surface area contributed by atoms with Crippen LogP contribution in [-0.2, 0) is 15.7 Å². The van der Waals surface area contributed by atoms with Gasteiger partial charge in [-0.3, -0.25) is 9.69 Å². The van der Waals surface area contributed by atoms with Gasteiger partial charge in [0, 0.05) is 50.4 Å². The van der Waals surface area contributed by atoms with E-state index >= 15 is 0 Å². The Morgan fingerprint density at radius 3 is 2.43 bits per heavy atom. The lowest BCUT2D eigenvalue weighted by Crippen LogP contribution is -2.56. The molecule has 3 heterocycles. The predicted octanol–water partition coefficient (Wildman–Crippen LogP) is 3.20. The van der Waals surface area contributed by atoms with Gasteiger partial charge in [0.05, 0.1) is 23.8 Å². The van der Waals surface area contributed by atoms with Crippen LogP contribution in [0.1, 0.15) is 32.3 Å². The number of amides is 1. The van der Waals surface area contributed by atoms with Crippen LogP contribution in [0.15, 0.2) is 12.3 Å². The van der Waals surface area contributed by atoms with Crippen molar-refractivity contribution in [2.45, 2.75) is 38.4 Å². The Balaban J connectivity index is 1.51. The van der Waals surface area contributed by atoms with Crippen molar-refractivity contribution >= 4 is 23.3 Å². The van der Waals surface area contributed by atoms with Crippen LogP contribution in [0.4, 0.5) is 19.0 Å². The lowest BCUT2D eigenvalue weighted by Gasteiger charge is -2.41. The summed E-state index contributed by atoms with van der Waals surface area (Å²) < 4.78 is 43.8. The van der Waals surface area contributed by atoms with Gasteiger partial charge in [0.15, 0.2) is 0 Å². The molecule has 0 aromatic carbocycles. The van der Waals surface area contributed by atoms with Crippen LogP contribution in [0.5, 0.6) is 0 Å². The number of aromatic nitrogens is 1. The van der Waals surface area contributed by atoms with Crippen molar-refractivity contribution < 1.29 is 22.7 Å². The Bertz CT molecular complexity index is 746. The van der Waals surface area contributed by atoms with Crippen molar-refractivity contribution in [3.63, 3.8) is 0 Å². The van der Waals surface area contributed by atoms with Crippen LogP contribution >= 0.6 is 11.6 Å². The number of nitrogens with one attached hydrogen (secondary N) is 1. The smallest absolute Gasteiger partial charge is 0.379 e. The molecule has 3 rings (SSSR count). The number of carbonyl (C=O) groups excluding carboxylic acids is 1. The van der Waals surface area contributed by atoms with E-state index in [0.29, 0.717) is 51.5 Å². The van der Waals surface area contributed by atoms with Crippen LogP contribution in [0, 0.1) is 5.92 Å². The Kier molecular flexibility index (Phi) is 7.14. The van der Waals surface area contributed by atoms with E-state index in [1.807, 2.05) is 4.90 Å². The maximum absolute atomic E-state index is 12.8. The molecular weight excluding hydrogens is 421 g/mol. The van der Waals surface area contributed by atoms with Gasteiger partial charge in [0.25, 0.3) is 0 Å². The highest BCUT2D eigenvalue weighted by atomic mass is 35.5. The number of nitrogens with zero attached hydrogens (tertiary/aromatic N) is 3.